The lowest BCUT2D eigenvalue weighted by Crippen LogP contribution is -2.37. The van der Waals surface area contributed by atoms with Gasteiger partial charge in [-0.15, -0.1) is 0 Å². The number of morpholine rings is 1. The van der Waals surface area contributed by atoms with Crippen molar-refractivity contribution in [2.24, 2.45) is 0 Å². The second-order valence-corrected chi connectivity index (χ2v) is 8.67. The van der Waals surface area contributed by atoms with Crippen molar-refractivity contribution in [1.29, 1.82) is 0 Å². The molecule has 10 heteroatoms. The summed E-state index contributed by atoms with van der Waals surface area (Å²) < 4.78 is 6.47. The molecule has 3 heterocycles. The average Bonchev–Trinajstić information content (AvgIpc) is 2.83. The average molecular weight is 481 g/mol. The lowest BCUT2D eigenvalue weighted by Gasteiger charge is -2.26. The fraction of sp³-hybridized carbons (Fsp3) is 0.250. The van der Waals surface area contributed by atoms with Crippen molar-refractivity contribution >= 4 is 33.9 Å². The number of aromatic nitrogens is 2. The van der Waals surface area contributed by atoms with Crippen molar-refractivity contribution in [3.8, 4) is 0 Å². The van der Waals surface area contributed by atoms with Crippen molar-refractivity contribution < 1.29 is 9.53 Å². The molecule has 174 valence electrons. The van der Waals surface area contributed by atoms with E-state index in [1.165, 1.54) is 0 Å². The Morgan fingerprint density at radius 2 is 1.79 bits per heavy atom. The van der Waals surface area contributed by atoms with E-state index >= 15 is 0 Å². The van der Waals surface area contributed by atoms with Crippen LogP contribution in [0.2, 0.25) is 5.02 Å². The molecule has 0 aliphatic carbocycles. The van der Waals surface area contributed by atoms with Crippen molar-refractivity contribution in [3.63, 3.8) is 0 Å². The van der Waals surface area contributed by atoms with Gasteiger partial charge in [-0.25, -0.2) is 0 Å². The summed E-state index contributed by atoms with van der Waals surface area (Å²) in [6.45, 7) is 3.45. The normalized spacial score (nSPS) is 14.6. The summed E-state index contributed by atoms with van der Waals surface area (Å²) in [4.78, 5) is 55.9. The number of nitrogens with one attached hydrogen (secondary N) is 2. The van der Waals surface area contributed by atoms with Gasteiger partial charge in [-0.05, 0) is 35.4 Å². The summed E-state index contributed by atoms with van der Waals surface area (Å²) >= 11 is 5.89. The Morgan fingerprint density at radius 1 is 1.06 bits per heavy atom. The molecule has 4 aromatic rings. The molecule has 1 amide bonds. The number of hydrogen-bond acceptors (Lipinski definition) is 6. The van der Waals surface area contributed by atoms with Gasteiger partial charge < -0.3 is 15.0 Å². The maximum Gasteiger partial charge on any atom is 0.320 e. The molecular weight excluding hydrogens is 460 g/mol. The van der Waals surface area contributed by atoms with Crippen LogP contribution in [0.15, 0.2) is 57.0 Å². The number of ether oxygens (including phenoxy) is 1. The SMILES string of the molecule is O=C(NCc1ccc(Cl)cc1)c1cn2c(=O)c(=O)[nH]c3cc(CN4CCOCC4)cc(c1=O)c32. The van der Waals surface area contributed by atoms with Crippen LogP contribution < -0.4 is 21.9 Å². The van der Waals surface area contributed by atoms with E-state index in [0.717, 1.165) is 34.8 Å². The van der Waals surface area contributed by atoms with E-state index in [1.807, 2.05) is 0 Å². The topological polar surface area (TPSA) is 113 Å². The van der Waals surface area contributed by atoms with Gasteiger partial charge in [-0.3, -0.25) is 28.5 Å². The van der Waals surface area contributed by atoms with E-state index in [0.29, 0.717) is 30.3 Å². The molecule has 0 saturated carbocycles. The number of pyridine rings is 1. The Bertz CT molecular complexity index is 1560. The van der Waals surface area contributed by atoms with Crippen LogP contribution in [-0.2, 0) is 17.8 Å². The van der Waals surface area contributed by atoms with Gasteiger partial charge in [0.25, 0.3) is 5.91 Å². The molecule has 0 unspecified atom stereocenters. The Morgan fingerprint density at radius 3 is 2.53 bits per heavy atom. The van der Waals surface area contributed by atoms with E-state index in [9.17, 15) is 19.2 Å². The standard InChI is InChI=1S/C24H21ClN4O5/c25-16-3-1-14(2-4-16)11-26-22(31)18-13-29-20-17(21(18)30)9-15(12-28-5-7-34-8-6-28)10-19(20)27-23(32)24(29)33/h1-4,9-10,13H,5-8,11-12H2,(H,26,31)(H,27,32). The van der Waals surface area contributed by atoms with Gasteiger partial charge >= 0.3 is 11.1 Å². The van der Waals surface area contributed by atoms with Crippen LogP contribution >= 0.6 is 11.6 Å². The summed E-state index contributed by atoms with van der Waals surface area (Å²) in [7, 11) is 0. The fourth-order valence-electron chi connectivity index (χ4n) is 4.22. The largest absolute Gasteiger partial charge is 0.379 e. The number of carbonyl (C=O) groups excluding carboxylic acids is 1. The van der Waals surface area contributed by atoms with Gasteiger partial charge in [-0.2, -0.15) is 0 Å². The molecule has 0 bridgehead atoms. The van der Waals surface area contributed by atoms with E-state index < -0.39 is 22.5 Å². The zero-order chi connectivity index (χ0) is 23.8. The zero-order valence-corrected chi connectivity index (χ0v) is 18.9. The van der Waals surface area contributed by atoms with E-state index in [-0.39, 0.29) is 23.0 Å². The number of amides is 1. The molecule has 1 aliphatic rings. The fourth-order valence-corrected chi connectivity index (χ4v) is 4.34. The third-order valence-electron chi connectivity index (χ3n) is 5.94. The van der Waals surface area contributed by atoms with Gasteiger partial charge in [-0.1, -0.05) is 23.7 Å². The molecule has 2 aromatic carbocycles. The third kappa shape index (κ3) is 4.21. The highest BCUT2D eigenvalue weighted by Gasteiger charge is 2.20. The van der Waals surface area contributed by atoms with Crippen LogP contribution in [0.3, 0.4) is 0 Å². The Kier molecular flexibility index (Phi) is 5.91. The first kappa shape index (κ1) is 22.3. The van der Waals surface area contributed by atoms with Gasteiger partial charge in [0.1, 0.15) is 5.56 Å². The lowest BCUT2D eigenvalue weighted by atomic mass is 10.1. The number of hydrogen-bond donors (Lipinski definition) is 2. The Hall–Kier alpha value is -3.53. The summed E-state index contributed by atoms with van der Waals surface area (Å²) in [5.41, 5.74) is -0.149. The molecular formula is C24H21ClN4O5. The molecule has 2 N–H and O–H groups in total. The quantitative estimate of drug-likeness (QED) is 0.417. The summed E-state index contributed by atoms with van der Waals surface area (Å²) in [6.07, 6.45) is 1.15. The van der Waals surface area contributed by atoms with E-state index in [4.69, 9.17) is 16.3 Å². The number of halogens is 1. The van der Waals surface area contributed by atoms with Crippen molar-refractivity contribution in [1.82, 2.24) is 19.6 Å². The van der Waals surface area contributed by atoms with Gasteiger partial charge in [0.15, 0.2) is 0 Å². The minimum atomic E-state index is -0.856. The smallest absolute Gasteiger partial charge is 0.320 e. The molecule has 34 heavy (non-hydrogen) atoms. The van der Waals surface area contributed by atoms with Crippen LogP contribution in [0.4, 0.5) is 0 Å². The number of H-pyrrole nitrogens is 1. The molecule has 1 saturated heterocycles. The Balaban J connectivity index is 1.57. The van der Waals surface area contributed by atoms with Crippen molar-refractivity contribution in [2.45, 2.75) is 13.1 Å². The first-order valence-electron chi connectivity index (χ1n) is 10.8. The number of benzene rings is 2. The minimum Gasteiger partial charge on any atom is -0.379 e. The van der Waals surface area contributed by atoms with E-state index in [2.05, 4.69) is 15.2 Å². The molecule has 5 rings (SSSR count). The highest BCUT2D eigenvalue weighted by Crippen LogP contribution is 2.20. The molecule has 1 fully saturated rings. The van der Waals surface area contributed by atoms with Crippen LogP contribution in [0, 0.1) is 0 Å². The van der Waals surface area contributed by atoms with Crippen LogP contribution in [0.1, 0.15) is 21.5 Å². The molecule has 9 nitrogen and oxygen atoms in total. The monoisotopic (exact) mass is 480 g/mol. The highest BCUT2D eigenvalue weighted by molar-refractivity contribution is 6.30. The van der Waals surface area contributed by atoms with Gasteiger partial charge in [0, 0.05) is 42.8 Å². The van der Waals surface area contributed by atoms with Crippen LogP contribution in [-0.4, -0.2) is 46.5 Å². The number of carbonyl (C=O) groups is 1. The number of nitrogens with zero attached hydrogens (tertiary/aromatic N) is 2. The molecule has 1 aliphatic heterocycles. The Labute approximate surface area is 197 Å². The van der Waals surface area contributed by atoms with E-state index in [1.54, 1.807) is 36.4 Å². The van der Waals surface area contributed by atoms with Crippen LogP contribution in [0.5, 0.6) is 0 Å². The predicted molar refractivity (Wildman–Crippen MR) is 128 cm³/mol. The molecule has 2 aromatic heterocycles. The zero-order valence-electron chi connectivity index (χ0n) is 18.1. The summed E-state index contributed by atoms with van der Waals surface area (Å²) in [6, 6.07) is 10.4. The second kappa shape index (κ2) is 9.02. The van der Waals surface area contributed by atoms with Gasteiger partial charge in [0.2, 0.25) is 5.43 Å². The second-order valence-electron chi connectivity index (χ2n) is 8.24. The first-order chi connectivity index (χ1) is 16.4. The molecule has 0 spiro atoms. The van der Waals surface area contributed by atoms with Crippen molar-refractivity contribution in [3.05, 3.63) is 95.2 Å². The molecule has 0 atom stereocenters. The highest BCUT2D eigenvalue weighted by atomic mass is 35.5. The predicted octanol–water partition coefficient (Wildman–Crippen LogP) is 1.35. The molecule has 0 radical (unpaired) electrons. The lowest BCUT2D eigenvalue weighted by molar-refractivity contribution is 0.0342. The third-order valence-corrected chi connectivity index (χ3v) is 6.19. The number of aromatic amines is 1. The first-order valence-corrected chi connectivity index (χ1v) is 11.2. The minimum absolute atomic E-state index is 0.171. The maximum absolute atomic E-state index is 13.4. The summed E-state index contributed by atoms with van der Waals surface area (Å²) in [5, 5.41) is 3.47. The van der Waals surface area contributed by atoms with Crippen LogP contribution in [0.25, 0.3) is 16.4 Å². The maximum atomic E-state index is 13.4. The summed E-state index contributed by atoms with van der Waals surface area (Å²) in [5.74, 6) is -0.635. The van der Waals surface area contributed by atoms with Gasteiger partial charge in [0.05, 0.1) is 24.2 Å². The van der Waals surface area contributed by atoms with Crippen molar-refractivity contribution in [2.75, 3.05) is 26.3 Å². The number of rotatable bonds is 5.